The van der Waals surface area contributed by atoms with Gasteiger partial charge in [-0.1, -0.05) is 47.7 Å². The quantitative estimate of drug-likeness (QED) is 0.398. The number of hydrogen-bond donors (Lipinski definition) is 1. The summed E-state index contributed by atoms with van der Waals surface area (Å²) in [7, 11) is 0. The van der Waals surface area contributed by atoms with Crippen LogP contribution in [0.15, 0.2) is 42.1 Å². The van der Waals surface area contributed by atoms with Crippen LogP contribution in [-0.4, -0.2) is 36.6 Å². The largest absolute Gasteiger partial charge is 0.300 e. The smallest absolute Gasteiger partial charge is 0.236 e. The highest BCUT2D eigenvalue weighted by atomic mass is 35.5. The molecule has 0 radical (unpaired) electrons. The zero-order chi connectivity index (χ0) is 19.9. The lowest BCUT2D eigenvalue weighted by molar-refractivity contribution is -0.113. The molecule has 0 aliphatic carbocycles. The fourth-order valence-corrected chi connectivity index (χ4v) is 4.14. The van der Waals surface area contributed by atoms with E-state index in [-0.39, 0.29) is 11.7 Å². The minimum Gasteiger partial charge on any atom is -0.300 e. The normalized spacial score (nSPS) is 10.8. The van der Waals surface area contributed by atoms with Crippen molar-refractivity contribution >= 4 is 45.7 Å². The third-order valence-electron chi connectivity index (χ3n) is 3.64. The van der Waals surface area contributed by atoms with E-state index in [1.165, 1.54) is 23.1 Å². The molecule has 0 aliphatic rings. The van der Waals surface area contributed by atoms with E-state index in [2.05, 4.69) is 39.2 Å². The van der Waals surface area contributed by atoms with Crippen LogP contribution in [0.5, 0.6) is 0 Å². The summed E-state index contributed by atoms with van der Waals surface area (Å²) in [5, 5.41) is 22.1. The molecule has 28 heavy (non-hydrogen) atoms. The van der Waals surface area contributed by atoms with E-state index in [0.717, 1.165) is 23.4 Å². The van der Waals surface area contributed by atoms with Crippen molar-refractivity contribution in [2.45, 2.75) is 31.5 Å². The Kier molecular flexibility index (Phi) is 7.18. The van der Waals surface area contributed by atoms with Crippen molar-refractivity contribution in [2.24, 2.45) is 0 Å². The van der Waals surface area contributed by atoms with Gasteiger partial charge in [0.05, 0.1) is 5.75 Å². The Morgan fingerprint density at radius 1 is 1.29 bits per heavy atom. The van der Waals surface area contributed by atoms with Gasteiger partial charge in [0.25, 0.3) is 0 Å². The first-order valence-corrected chi connectivity index (χ1v) is 10.8. The number of thioether (sulfide) groups is 1. The third-order valence-corrected chi connectivity index (χ3v) is 5.76. The van der Waals surface area contributed by atoms with Gasteiger partial charge in [0.2, 0.25) is 11.0 Å². The maximum Gasteiger partial charge on any atom is 0.236 e. The van der Waals surface area contributed by atoms with Crippen LogP contribution < -0.4 is 5.32 Å². The predicted octanol–water partition coefficient (Wildman–Crippen LogP) is 4.32. The van der Waals surface area contributed by atoms with Gasteiger partial charge >= 0.3 is 0 Å². The van der Waals surface area contributed by atoms with Crippen molar-refractivity contribution in [2.75, 3.05) is 11.1 Å². The number of carbonyl (C=O) groups is 1. The van der Waals surface area contributed by atoms with Crippen LogP contribution in [0, 0.1) is 0 Å². The molecule has 0 saturated carbocycles. The monoisotopic (exact) mass is 434 g/mol. The van der Waals surface area contributed by atoms with Crippen LogP contribution in [0.3, 0.4) is 0 Å². The van der Waals surface area contributed by atoms with Crippen LogP contribution in [0.4, 0.5) is 5.13 Å². The van der Waals surface area contributed by atoms with Crippen LogP contribution in [0.2, 0.25) is 5.02 Å². The highest BCUT2D eigenvalue weighted by Gasteiger charge is 2.16. The molecule has 0 fully saturated rings. The topological polar surface area (TPSA) is 85.6 Å². The first kappa shape index (κ1) is 20.5. The minimum absolute atomic E-state index is 0.162. The molecule has 10 heteroatoms. The second-order valence-electron chi connectivity index (χ2n) is 5.80. The Morgan fingerprint density at radius 3 is 2.79 bits per heavy atom. The third kappa shape index (κ3) is 5.18. The van der Waals surface area contributed by atoms with Crippen molar-refractivity contribution in [1.82, 2.24) is 25.0 Å². The minimum atomic E-state index is -0.162. The number of aromatic nitrogens is 5. The van der Waals surface area contributed by atoms with Gasteiger partial charge in [-0.25, -0.2) is 0 Å². The SMILES string of the molecule is C=CCn1c(SCC(=O)Nc2nnc(CCC)s2)nnc1-c1ccc(Cl)cc1. The van der Waals surface area contributed by atoms with Gasteiger partial charge in [0.1, 0.15) is 5.01 Å². The summed E-state index contributed by atoms with van der Waals surface area (Å²) >= 11 is 8.67. The van der Waals surface area contributed by atoms with E-state index in [1.807, 2.05) is 16.7 Å². The number of anilines is 1. The van der Waals surface area contributed by atoms with Crippen molar-refractivity contribution < 1.29 is 4.79 Å². The maximum atomic E-state index is 12.3. The molecule has 3 rings (SSSR count). The van der Waals surface area contributed by atoms with Crippen molar-refractivity contribution in [3.05, 3.63) is 47.0 Å². The molecule has 146 valence electrons. The van der Waals surface area contributed by atoms with E-state index in [1.54, 1.807) is 18.2 Å². The molecule has 7 nitrogen and oxygen atoms in total. The number of amides is 1. The summed E-state index contributed by atoms with van der Waals surface area (Å²) in [4.78, 5) is 12.3. The van der Waals surface area contributed by atoms with Crippen molar-refractivity contribution in [1.29, 1.82) is 0 Å². The van der Waals surface area contributed by atoms with Crippen molar-refractivity contribution in [3.63, 3.8) is 0 Å². The zero-order valence-electron chi connectivity index (χ0n) is 15.3. The van der Waals surface area contributed by atoms with Gasteiger partial charge in [-0.05, 0) is 30.7 Å². The standard InChI is InChI=1S/C18H19ClN6OS2/c1-3-5-15-21-23-17(28-15)20-14(26)11-27-18-24-22-16(25(18)10-4-2)12-6-8-13(19)9-7-12/h4,6-9H,2-3,5,10-11H2,1H3,(H,20,23,26). The first-order valence-electron chi connectivity index (χ1n) is 8.65. The van der Waals surface area contributed by atoms with Gasteiger partial charge in [-0.15, -0.1) is 27.0 Å². The molecule has 1 N–H and O–H groups in total. The molecule has 2 heterocycles. The number of hydrogen-bond acceptors (Lipinski definition) is 7. The number of nitrogens with zero attached hydrogens (tertiary/aromatic N) is 5. The molecular formula is C18H19ClN6OS2. The molecule has 0 saturated heterocycles. The summed E-state index contributed by atoms with van der Waals surface area (Å²) in [5.41, 5.74) is 0.896. The molecule has 1 aromatic carbocycles. The molecular weight excluding hydrogens is 416 g/mol. The summed E-state index contributed by atoms with van der Waals surface area (Å²) in [6.07, 6.45) is 3.62. The van der Waals surface area contributed by atoms with Crippen LogP contribution >= 0.6 is 34.7 Å². The van der Waals surface area contributed by atoms with Crippen LogP contribution in [0.25, 0.3) is 11.4 Å². The van der Waals surface area contributed by atoms with E-state index in [0.29, 0.717) is 27.7 Å². The lowest BCUT2D eigenvalue weighted by Gasteiger charge is -2.07. The summed E-state index contributed by atoms with van der Waals surface area (Å²) in [6.45, 7) is 6.40. The lowest BCUT2D eigenvalue weighted by atomic mass is 10.2. The zero-order valence-corrected chi connectivity index (χ0v) is 17.6. The molecule has 0 aliphatic heterocycles. The molecule has 1 amide bonds. The average Bonchev–Trinajstić information content (AvgIpc) is 3.28. The number of allylic oxidation sites excluding steroid dienone is 1. The van der Waals surface area contributed by atoms with Gasteiger partial charge in [0.15, 0.2) is 11.0 Å². The summed E-state index contributed by atoms with van der Waals surface area (Å²) in [5.74, 6) is 0.733. The number of rotatable bonds is 9. The summed E-state index contributed by atoms with van der Waals surface area (Å²) < 4.78 is 1.92. The Balaban J connectivity index is 1.67. The average molecular weight is 435 g/mol. The highest BCUT2D eigenvalue weighted by Crippen LogP contribution is 2.25. The first-order chi connectivity index (χ1) is 13.6. The molecule has 0 spiro atoms. The van der Waals surface area contributed by atoms with E-state index >= 15 is 0 Å². The fraction of sp³-hybridized carbons (Fsp3) is 0.278. The van der Waals surface area contributed by atoms with Crippen molar-refractivity contribution in [3.8, 4) is 11.4 Å². The Bertz CT molecular complexity index is 953. The summed E-state index contributed by atoms with van der Waals surface area (Å²) in [6, 6.07) is 7.38. The molecule has 0 unspecified atom stereocenters. The van der Waals surface area contributed by atoms with Gasteiger partial charge in [0, 0.05) is 23.6 Å². The molecule has 0 bridgehead atoms. The van der Waals surface area contributed by atoms with Gasteiger partial charge < -0.3 is 0 Å². The Labute approximate surface area is 176 Å². The van der Waals surface area contributed by atoms with Gasteiger partial charge in [-0.3, -0.25) is 14.7 Å². The molecule has 0 atom stereocenters. The highest BCUT2D eigenvalue weighted by molar-refractivity contribution is 7.99. The predicted molar refractivity (Wildman–Crippen MR) is 114 cm³/mol. The van der Waals surface area contributed by atoms with E-state index < -0.39 is 0 Å². The Hall–Kier alpha value is -2.23. The van der Waals surface area contributed by atoms with Gasteiger partial charge in [-0.2, -0.15) is 0 Å². The number of benzene rings is 1. The van der Waals surface area contributed by atoms with E-state index in [4.69, 9.17) is 11.6 Å². The molecule has 2 aromatic heterocycles. The fourth-order valence-electron chi connectivity index (χ4n) is 2.41. The van der Waals surface area contributed by atoms with E-state index in [9.17, 15) is 4.79 Å². The van der Waals surface area contributed by atoms with Crippen LogP contribution in [-0.2, 0) is 17.8 Å². The number of aryl methyl sites for hydroxylation is 1. The second kappa shape index (κ2) is 9.81. The lowest BCUT2D eigenvalue weighted by Crippen LogP contribution is -2.14. The second-order valence-corrected chi connectivity index (χ2v) is 8.24. The number of carbonyl (C=O) groups excluding carboxylic acids is 1. The van der Waals surface area contributed by atoms with Crippen LogP contribution in [0.1, 0.15) is 18.4 Å². The number of halogens is 1. The maximum absolute atomic E-state index is 12.3. The number of nitrogens with one attached hydrogen (secondary N) is 1. The Morgan fingerprint density at radius 2 is 2.07 bits per heavy atom. The molecule has 3 aromatic rings.